The molecule has 0 radical (unpaired) electrons. The number of nitrogens with one attached hydrogen (secondary N) is 1. The summed E-state index contributed by atoms with van der Waals surface area (Å²) < 4.78 is 36.9. The molecule has 2 saturated heterocycles. The van der Waals surface area contributed by atoms with Crippen molar-refractivity contribution < 1.29 is 13.5 Å². The van der Waals surface area contributed by atoms with Crippen molar-refractivity contribution in [3.05, 3.63) is 53.2 Å². The number of likely N-dealkylation sites (N-methyl/N-ethyl adjacent to an activating group) is 1. The molecule has 4 aromatic rings. The van der Waals surface area contributed by atoms with Crippen LogP contribution in [0.4, 0.5) is 20.5 Å². The zero-order valence-electron chi connectivity index (χ0n) is 22.8. The van der Waals surface area contributed by atoms with Crippen molar-refractivity contribution in [1.29, 1.82) is 5.26 Å². The summed E-state index contributed by atoms with van der Waals surface area (Å²) in [7, 11) is 1.94. The smallest absolute Gasteiger partial charge is 0.228 e. The highest BCUT2D eigenvalue weighted by Crippen LogP contribution is 2.37. The highest BCUT2D eigenvalue weighted by atomic mass is 19.1. The number of rotatable bonds is 5. The molecule has 0 aliphatic carbocycles. The van der Waals surface area contributed by atoms with Gasteiger partial charge in [-0.2, -0.15) is 10.2 Å². The number of hydrogen-bond acceptors (Lipinski definition) is 8. The predicted octanol–water partition coefficient (Wildman–Crippen LogP) is 4.39. The molecule has 0 spiro atoms. The van der Waals surface area contributed by atoms with Crippen LogP contribution in [0.25, 0.3) is 32.9 Å². The standard InChI is InChI=1S/C31H29F2N7O/c1-3-22-25(32)8-7-20-14-19(16-34)15-23(26(20)22)28-27(33)29-24(17-36-28)30(39(2)18-21-6-4-5-9-35-21)38-31(37-29)40-10-12-41-13-11-40/h1,7-8,14-15,17,21,35H,4-6,9-13,18H2,2H3/t21-/m1/s1. The molecule has 208 valence electrons. The summed E-state index contributed by atoms with van der Waals surface area (Å²) in [5, 5.41) is 14.5. The van der Waals surface area contributed by atoms with E-state index in [1.54, 1.807) is 12.3 Å². The second kappa shape index (κ2) is 11.2. The molecule has 41 heavy (non-hydrogen) atoms. The van der Waals surface area contributed by atoms with Gasteiger partial charge >= 0.3 is 0 Å². The number of fused-ring (bicyclic) bond motifs is 2. The maximum absolute atomic E-state index is 16.6. The minimum Gasteiger partial charge on any atom is -0.378 e. The second-order valence-electron chi connectivity index (χ2n) is 10.5. The summed E-state index contributed by atoms with van der Waals surface area (Å²) >= 11 is 0. The second-order valence-corrected chi connectivity index (χ2v) is 10.5. The van der Waals surface area contributed by atoms with Gasteiger partial charge in [-0.3, -0.25) is 4.98 Å². The quantitative estimate of drug-likeness (QED) is 0.364. The third-order valence-corrected chi connectivity index (χ3v) is 7.81. The molecule has 2 fully saturated rings. The zero-order valence-corrected chi connectivity index (χ0v) is 22.8. The van der Waals surface area contributed by atoms with Crippen LogP contribution in [0, 0.1) is 35.3 Å². The van der Waals surface area contributed by atoms with Gasteiger partial charge in [0.25, 0.3) is 0 Å². The van der Waals surface area contributed by atoms with Gasteiger partial charge < -0.3 is 19.9 Å². The highest BCUT2D eigenvalue weighted by molar-refractivity contribution is 6.03. The van der Waals surface area contributed by atoms with Crippen molar-refractivity contribution in [3.63, 3.8) is 0 Å². The number of benzene rings is 2. The molecule has 6 rings (SSSR count). The van der Waals surface area contributed by atoms with Crippen LogP contribution >= 0.6 is 0 Å². The molecule has 1 N–H and O–H groups in total. The van der Waals surface area contributed by atoms with Crippen LogP contribution < -0.4 is 15.1 Å². The largest absolute Gasteiger partial charge is 0.378 e. The van der Waals surface area contributed by atoms with Gasteiger partial charge in [0.05, 0.1) is 35.8 Å². The van der Waals surface area contributed by atoms with Gasteiger partial charge in [-0.15, -0.1) is 6.42 Å². The lowest BCUT2D eigenvalue weighted by atomic mass is 9.94. The number of aromatic nitrogens is 3. The summed E-state index contributed by atoms with van der Waals surface area (Å²) in [6.45, 7) is 3.87. The van der Waals surface area contributed by atoms with Crippen LogP contribution in [0.5, 0.6) is 0 Å². The molecule has 2 aromatic heterocycles. The maximum Gasteiger partial charge on any atom is 0.228 e. The number of ether oxygens (including phenoxy) is 1. The van der Waals surface area contributed by atoms with Crippen molar-refractivity contribution in [2.75, 3.05) is 56.2 Å². The number of halogens is 2. The molecule has 0 unspecified atom stereocenters. The van der Waals surface area contributed by atoms with Crippen LogP contribution in [0.2, 0.25) is 0 Å². The third kappa shape index (κ3) is 5.01. The first-order valence-corrected chi connectivity index (χ1v) is 13.7. The maximum atomic E-state index is 16.6. The SMILES string of the molecule is C#Cc1c(F)ccc2cc(C#N)cc(-c3ncc4c(N(C)C[C@H]5CCCCN5)nc(N5CCOCC5)nc4c3F)c12. The molecule has 2 aliphatic rings. The Morgan fingerprint density at radius 3 is 2.76 bits per heavy atom. The van der Waals surface area contributed by atoms with E-state index in [9.17, 15) is 9.65 Å². The average Bonchev–Trinajstić information content (AvgIpc) is 3.01. The monoisotopic (exact) mass is 553 g/mol. The van der Waals surface area contributed by atoms with Gasteiger partial charge in [0.1, 0.15) is 22.8 Å². The van der Waals surface area contributed by atoms with E-state index >= 15 is 4.39 Å². The Bertz CT molecular complexity index is 1720. The summed E-state index contributed by atoms with van der Waals surface area (Å²) in [6, 6.07) is 8.26. The molecule has 1 atom stereocenters. The number of nitrogens with zero attached hydrogens (tertiary/aromatic N) is 6. The van der Waals surface area contributed by atoms with E-state index in [1.165, 1.54) is 18.2 Å². The topological polar surface area (TPSA) is 90.2 Å². The Morgan fingerprint density at radius 2 is 2.02 bits per heavy atom. The Morgan fingerprint density at radius 1 is 1.20 bits per heavy atom. The molecule has 2 aromatic carbocycles. The Labute approximate surface area is 237 Å². The molecule has 0 amide bonds. The molecular weight excluding hydrogens is 524 g/mol. The Kier molecular flexibility index (Phi) is 7.36. The van der Waals surface area contributed by atoms with Crippen LogP contribution in [-0.4, -0.2) is 67.4 Å². The van der Waals surface area contributed by atoms with Gasteiger partial charge in [-0.05, 0) is 43.0 Å². The first kappa shape index (κ1) is 26.8. The number of nitriles is 1. The zero-order chi connectivity index (χ0) is 28.5. The fraction of sp³-hybridized carbons (Fsp3) is 0.355. The van der Waals surface area contributed by atoms with Gasteiger partial charge in [0.15, 0.2) is 5.82 Å². The van der Waals surface area contributed by atoms with E-state index in [4.69, 9.17) is 16.1 Å². The van der Waals surface area contributed by atoms with Crippen LogP contribution in [0.3, 0.4) is 0 Å². The normalized spacial score (nSPS) is 17.4. The van der Waals surface area contributed by atoms with Crippen LogP contribution in [0.1, 0.15) is 30.4 Å². The van der Waals surface area contributed by atoms with Crippen molar-refractivity contribution in [1.82, 2.24) is 20.3 Å². The van der Waals surface area contributed by atoms with Crippen molar-refractivity contribution in [2.45, 2.75) is 25.3 Å². The average molecular weight is 554 g/mol. The lowest BCUT2D eigenvalue weighted by molar-refractivity contribution is 0.122. The van der Waals surface area contributed by atoms with E-state index in [2.05, 4.69) is 27.3 Å². The van der Waals surface area contributed by atoms with Gasteiger partial charge in [-0.1, -0.05) is 18.4 Å². The molecule has 0 saturated carbocycles. The van der Waals surface area contributed by atoms with E-state index < -0.39 is 11.6 Å². The van der Waals surface area contributed by atoms with Gasteiger partial charge in [0.2, 0.25) is 5.95 Å². The number of piperidine rings is 1. The first-order valence-electron chi connectivity index (χ1n) is 13.7. The van der Waals surface area contributed by atoms with Crippen LogP contribution in [0.15, 0.2) is 30.5 Å². The minimum atomic E-state index is -0.687. The van der Waals surface area contributed by atoms with E-state index in [-0.39, 0.29) is 27.9 Å². The third-order valence-electron chi connectivity index (χ3n) is 7.81. The van der Waals surface area contributed by atoms with E-state index in [0.717, 1.165) is 25.8 Å². The number of terminal acetylenes is 1. The van der Waals surface area contributed by atoms with E-state index in [0.29, 0.717) is 66.8 Å². The summed E-state index contributed by atoms with van der Waals surface area (Å²) in [5.41, 5.74) is 0.537. The van der Waals surface area contributed by atoms with Crippen LogP contribution in [-0.2, 0) is 4.74 Å². The molecular formula is C31H29F2N7O. The van der Waals surface area contributed by atoms with E-state index in [1.807, 2.05) is 16.8 Å². The lowest BCUT2D eigenvalue weighted by Crippen LogP contribution is -2.43. The highest BCUT2D eigenvalue weighted by Gasteiger charge is 2.25. The molecule has 0 bridgehead atoms. The van der Waals surface area contributed by atoms with Crippen molar-refractivity contribution >= 4 is 33.4 Å². The fourth-order valence-corrected chi connectivity index (χ4v) is 5.74. The molecule has 4 heterocycles. The molecule has 2 aliphatic heterocycles. The first-order chi connectivity index (χ1) is 20.0. The summed E-state index contributed by atoms with van der Waals surface area (Å²) in [6.07, 6.45) is 10.6. The van der Waals surface area contributed by atoms with Gasteiger partial charge in [-0.25, -0.2) is 13.8 Å². The summed E-state index contributed by atoms with van der Waals surface area (Å²) in [4.78, 5) is 18.1. The number of morpholine rings is 1. The number of anilines is 2. The van der Waals surface area contributed by atoms with Crippen molar-refractivity contribution in [3.8, 4) is 29.7 Å². The summed E-state index contributed by atoms with van der Waals surface area (Å²) in [5.74, 6) is 2.08. The lowest BCUT2D eigenvalue weighted by Gasteiger charge is -2.31. The molecule has 10 heteroatoms. The fourth-order valence-electron chi connectivity index (χ4n) is 5.74. The number of hydrogen-bond donors (Lipinski definition) is 1. The predicted molar refractivity (Wildman–Crippen MR) is 155 cm³/mol. The van der Waals surface area contributed by atoms with Crippen molar-refractivity contribution in [2.24, 2.45) is 0 Å². The van der Waals surface area contributed by atoms with Gasteiger partial charge in [0, 0.05) is 49.9 Å². The molecule has 8 nitrogen and oxygen atoms in total. The Hall–Kier alpha value is -4.38. The number of pyridine rings is 1. The minimum absolute atomic E-state index is 0.0135. The Balaban J connectivity index is 1.56.